The second-order valence-corrected chi connectivity index (χ2v) is 7.75. The molecule has 1 aliphatic heterocycles. The van der Waals surface area contributed by atoms with E-state index in [2.05, 4.69) is 10.4 Å². The zero-order chi connectivity index (χ0) is 23.3. The van der Waals surface area contributed by atoms with E-state index in [-0.39, 0.29) is 17.6 Å². The van der Waals surface area contributed by atoms with E-state index in [9.17, 15) is 14.4 Å². The summed E-state index contributed by atoms with van der Waals surface area (Å²) in [5.74, 6) is -0.00135. The van der Waals surface area contributed by atoms with E-state index in [0.717, 1.165) is 0 Å². The van der Waals surface area contributed by atoms with Crippen LogP contribution in [0.15, 0.2) is 47.6 Å². The number of carbonyl (C=O) groups excluding carboxylic acids is 3. The van der Waals surface area contributed by atoms with Crippen LogP contribution < -0.4 is 19.5 Å². The van der Waals surface area contributed by atoms with Gasteiger partial charge in [0.2, 0.25) is 11.8 Å². The number of nitrogens with one attached hydrogen (secondary N) is 1. The van der Waals surface area contributed by atoms with Gasteiger partial charge in [0.1, 0.15) is 11.1 Å². The number of carbonyl (C=O) groups is 3. The lowest BCUT2D eigenvalue weighted by molar-refractivity contribution is -0.129. The van der Waals surface area contributed by atoms with Gasteiger partial charge < -0.3 is 19.5 Å². The molecule has 1 atom stereocenters. The summed E-state index contributed by atoms with van der Waals surface area (Å²) in [5, 5.41) is 7.88. The van der Waals surface area contributed by atoms with E-state index >= 15 is 0 Å². The summed E-state index contributed by atoms with van der Waals surface area (Å²) >= 11 is 1.22. The topological polar surface area (TPSA) is 107 Å². The fourth-order valence-corrected chi connectivity index (χ4v) is 4.05. The maximum absolute atomic E-state index is 12.6. The van der Waals surface area contributed by atoms with Gasteiger partial charge in [0.15, 0.2) is 16.7 Å². The summed E-state index contributed by atoms with van der Waals surface area (Å²) in [6.45, 7) is 4.91. The van der Waals surface area contributed by atoms with Crippen LogP contribution in [-0.4, -0.2) is 41.7 Å². The first-order valence-electron chi connectivity index (χ1n) is 9.78. The minimum Gasteiger partial charge on any atom is -0.497 e. The highest BCUT2D eigenvalue weighted by Gasteiger charge is 2.33. The van der Waals surface area contributed by atoms with Gasteiger partial charge >= 0.3 is 5.97 Å². The van der Waals surface area contributed by atoms with Gasteiger partial charge in [-0.15, -0.1) is 5.10 Å². The molecule has 0 spiro atoms. The molecule has 0 aliphatic carbocycles. The van der Waals surface area contributed by atoms with Gasteiger partial charge in [0.05, 0.1) is 19.3 Å². The quantitative estimate of drug-likeness (QED) is 0.524. The molecule has 3 rings (SSSR count). The molecule has 0 bridgehead atoms. The number of rotatable bonds is 6. The Balaban J connectivity index is 1.86. The molecule has 2 amide bonds. The molecule has 2 aromatic carbocycles. The van der Waals surface area contributed by atoms with Gasteiger partial charge in [-0.1, -0.05) is 23.9 Å². The largest absolute Gasteiger partial charge is 0.497 e. The molecule has 2 aromatic rings. The minimum absolute atomic E-state index is 0.240. The Morgan fingerprint density at radius 3 is 2.56 bits per heavy atom. The second-order valence-electron chi connectivity index (χ2n) is 6.68. The number of amides is 2. The molecule has 0 radical (unpaired) electrons. The van der Waals surface area contributed by atoms with E-state index in [0.29, 0.717) is 34.4 Å². The van der Waals surface area contributed by atoms with Crippen LogP contribution in [0.1, 0.15) is 42.1 Å². The zero-order valence-electron chi connectivity index (χ0n) is 18.1. The number of amidine groups is 1. The Morgan fingerprint density at radius 2 is 1.91 bits per heavy atom. The van der Waals surface area contributed by atoms with Crippen LogP contribution in [0.4, 0.5) is 0 Å². The van der Waals surface area contributed by atoms with E-state index < -0.39 is 11.3 Å². The molecule has 0 saturated carbocycles. The summed E-state index contributed by atoms with van der Waals surface area (Å²) in [6, 6.07) is 11.6. The minimum atomic E-state index is -0.561. The van der Waals surface area contributed by atoms with Gasteiger partial charge in [-0.3, -0.25) is 9.59 Å². The fourth-order valence-electron chi connectivity index (χ4n) is 2.92. The van der Waals surface area contributed by atoms with Crippen molar-refractivity contribution in [2.45, 2.75) is 26.1 Å². The number of thioether (sulfide) groups is 1. The molecule has 0 aromatic heterocycles. The smallest absolute Gasteiger partial charge is 0.343 e. The average Bonchev–Trinajstić information content (AvgIpc) is 3.18. The van der Waals surface area contributed by atoms with Crippen molar-refractivity contribution in [2.24, 2.45) is 5.10 Å². The molecule has 1 aliphatic rings. The standard InChI is InChI=1S/C22H23N3O6S/c1-5-30-19-12-15(20-25(14(3)27)24-22(32-20)23-13(2)26)9-10-18(19)31-21(28)16-7-6-8-17(11-16)29-4/h6-12,20H,5H2,1-4H3,(H,23,24,26)/t20-/m0/s1. The van der Waals surface area contributed by atoms with Crippen molar-refractivity contribution < 1.29 is 28.6 Å². The third-order valence-corrected chi connectivity index (χ3v) is 5.41. The van der Waals surface area contributed by atoms with Gasteiger partial charge in [-0.05, 0) is 42.8 Å². The molecule has 32 heavy (non-hydrogen) atoms. The van der Waals surface area contributed by atoms with Crippen molar-refractivity contribution in [3.05, 3.63) is 53.6 Å². The lowest BCUT2D eigenvalue weighted by Gasteiger charge is -2.20. The van der Waals surface area contributed by atoms with Crippen molar-refractivity contribution in [1.29, 1.82) is 0 Å². The number of hydrogen-bond donors (Lipinski definition) is 1. The highest BCUT2D eigenvalue weighted by molar-refractivity contribution is 8.14. The summed E-state index contributed by atoms with van der Waals surface area (Å²) in [4.78, 5) is 36.1. The molecular weight excluding hydrogens is 434 g/mol. The van der Waals surface area contributed by atoms with Gasteiger partial charge in [0.25, 0.3) is 0 Å². The average molecular weight is 458 g/mol. The second kappa shape index (κ2) is 10.2. The molecule has 0 saturated heterocycles. The van der Waals surface area contributed by atoms with E-state index in [4.69, 9.17) is 14.2 Å². The number of ether oxygens (including phenoxy) is 3. The van der Waals surface area contributed by atoms with Crippen molar-refractivity contribution in [3.63, 3.8) is 0 Å². The van der Waals surface area contributed by atoms with E-state index in [1.54, 1.807) is 42.5 Å². The summed E-state index contributed by atoms with van der Waals surface area (Å²) in [5.41, 5.74) is 1.03. The molecule has 168 valence electrons. The Labute approximate surface area is 189 Å². The molecule has 1 N–H and O–H groups in total. The Morgan fingerprint density at radius 1 is 1.12 bits per heavy atom. The number of hydrogen-bond acceptors (Lipinski definition) is 8. The third-order valence-electron chi connectivity index (χ3n) is 4.31. The van der Waals surface area contributed by atoms with Crippen LogP contribution in [0.2, 0.25) is 0 Å². The lowest BCUT2D eigenvalue weighted by Crippen LogP contribution is -2.25. The van der Waals surface area contributed by atoms with Crippen LogP contribution in [0, 0.1) is 0 Å². The maximum atomic E-state index is 12.6. The van der Waals surface area contributed by atoms with Crippen molar-refractivity contribution in [3.8, 4) is 17.2 Å². The first-order chi connectivity index (χ1) is 15.3. The van der Waals surface area contributed by atoms with Gasteiger partial charge in [-0.2, -0.15) is 0 Å². The predicted octanol–water partition coefficient (Wildman–Crippen LogP) is 3.31. The zero-order valence-corrected chi connectivity index (χ0v) is 18.9. The molecule has 0 fully saturated rings. The molecule has 0 unspecified atom stereocenters. The highest BCUT2D eigenvalue weighted by atomic mass is 32.2. The van der Waals surface area contributed by atoms with Crippen molar-refractivity contribution in [1.82, 2.24) is 10.3 Å². The van der Waals surface area contributed by atoms with Crippen LogP contribution in [-0.2, 0) is 9.59 Å². The Hall–Kier alpha value is -3.53. The SMILES string of the molecule is CCOc1cc([C@@H]2SC(NC(C)=O)=NN2C(C)=O)ccc1OC(=O)c1cccc(OC)c1. The van der Waals surface area contributed by atoms with Crippen molar-refractivity contribution >= 4 is 34.7 Å². The van der Waals surface area contributed by atoms with E-state index in [1.165, 1.54) is 37.7 Å². The number of nitrogens with zero attached hydrogens (tertiary/aromatic N) is 2. The highest BCUT2D eigenvalue weighted by Crippen LogP contribution is 2.41. The first-order valence-corrected chi connectivity index (χ1v) is 10.7. The third kappa shape index (κ3) is 5.38. The number of hydrazone groups is 1. The molecule has 1 heterocycles. The van der Waals surface area contributed by atoms with Gasteiger partial charge in [0, 0.05) is 13.8 Å². The number of benzene rings is 2. The van der Waals surface area contributed by atoms with Crippen LogP contribution in [0.5, 0.6) is 17.2 Å². The maximum Gasteiger partial charge on any atom is 0.343 e. The van der Waals surface area contributed by atoms with Crippen molar-refractivity contribution in [2.75, 3.05) is 13.7 Å². The molecule has 9 nitrogen and oxygen atoms in total. The monoisotopic (exact) mass is 457 g/mol. The van der Waals surface area contributed by atoms with Crippen LogP contribution in [0.25, 0.3) is 0 Å². The molecule has 10 heteroatoms. The number of methoxy groups -OCH3 is 1. The summed E-state index contributed by atoms with van der Waals surface area (Å²) < 4.78 is 16.4. The number of esters is 1. The van der Waals surface area contributed by atoms with Gasteiger partial charge in [-0.25, -0.2) is 9.80 Å². The van der Waals surface area contributed by atoms with E-state index in [1.807, 2.05) is 6.92 Å². The molecular formula is C22H23N3O6S. The Bertz CT molecular complexity index is 1070. The lowest BCUT2D eigenvalue weighted by atomic mass is 10.2. The summed E-state index contributed by atoms with van der Waals surface area (Å²) in [6.07, 6.45) is 0. The van der Waals surface area contributed by atoms with Crippen LogP contribution >= 0.6 is 11.8 Å². The summed E-state index contributed by atoms with van der Waals surface area (Å²) in [7, 11) is 1.52. The normalized spacial score (nSPS) is 15.1. The first kappa shape index (κ1) is 23.1. The fraction of sp³-hybridized carbons (Fsp3) is 0.273. The van der Waals surface area contributed by atoms with Crippen LogP contribution in [0.3, 0.4) is 0 Å². The predicted molar refractivity (Wildman–Crippen MR) is 120 cm³/mol. The Kier molecular flexibility index (Phi) is 7.37.